The van der Waals surface area contributed by atoms with Crippen molar-refractivity contribution in [3.05, 3.63) is 58.7 Å². The van der Waals surface area contributed by atoms with Gasteiger partial charge in [-0.15, -0.1) is 0 Å². The van der Waals surface area contributed by atoms with E-state index in [0.29, 0.717) is 51.6 Å². The van der Waals surface area contributed by atoms with Gasteiger partial charge in [0.25, 0.3) is 0 Å². The fraction of sp³-hybridized carbons (Fsp3) is 0.448. The Kier molecular flexibility index (Phi) is 6.52. The maximum Gasteiger partial charge on any atom is 0.303 e. The molecule has 4 atom stereocenters. The molecule has 0 radical (unpaired) electrons. The lowest BCUT2D eigenvalue weighted by atomic mass is 9.91. The van der Waals surface area contributed by atoms with Crippen LogP contribution in [-0.4, -0.2) is 41.0 Å². The molecule has 200 valence electrons. The van der Waals surface area contributed by atoms with Crippen LogP contribution in [0.15, 0.2) is 30.3 Å². The summed E-state index contributed by atoms with van der Waals surface area (Å²) in [5.41, 5.74) is -2.00. The van der Waals surface area contributed by atoms with Gasteiger partial charge in [0.2, 0.25) is 0 Å². The van der Waals surface area contributed by atoms with Gasteiger partial charge in [-0.3, -0.25) is 0 Å². The zero-order valence-corrected chi connectivity index (χ0v) is 21.9. The molecule has 1 saturated heterocycles. The number of nitrogens with one attached hydrogen (secondary N) is 1. The summed E-state index contributed by atoms with van der Waals surface area (Å²) in [7, 11) is 1.57. The third-order valence-corrected chi connectivity index (χ3v) is 7.41. The van der Waals surface area contributed by atoms with Gasteiger partial charge in [-0.05, 0) is 39.8 Å². The van der Waals surface area contributed by atoms with Crippen molar-refractivity contribution >= 4 is 16.7 Å². The van der Waals surface area contributed by atoms with E-state index in [1.165, 1.54) is 12.1 Å². The number of nitrogens with zero attached hydrogens (tertiary/aromatic N) is 2. The summed E-state index contributed by atoms with van der Waals surface area (Å²) < 4.78 is 56.0. The number of hydrogen-bond acceptors (Lipinski definition) is 6. The number of hydrogen-bond donors (Lipinski definition) is 2. The largest absolute Gasteiger partial charge is 0.495 e. The summed E-state index contributed by atoms with van der Waals surface area (Å²) in [5.74, 6) is 4.48. The predicted octanol–water partition coefficient (Wildman–Crippen LogP) is 5.37. The molecule has 0 spiro atoms. The standard InChI is InChI=1S/C29H30F3N3O3/c1-15(18-7-6-8-23(26(18)30)29(31,32)28(3,4)36)33-27-20-11-17(9-10-19-21-13-38-14-22(19)21)25(37-5)12-24(20)34-16(2)35-27/h6-8,11-12,15,19,21-22,36H,13-14H2,1-5H3,(H,33,34,35)/t15-,19?,21-,22+/m1/s1. The lowest BCUT2D eigenvalue weighted by Crippen LogP contribution is -2.41. The number of ether oxygens (including phenoxy) is 2. The van der Waals surface area contributed by atoms with Gasteiger partial charge in [0.1, 0.15) is 28.8 Å². The minimum absolute atomic E-state index is 0.0202. The first kappa shape index (κ1) is 26.3. The van der Waals surface area contributed by atoms with Crippen LogP contribution in [0.5, 0.6) is 5.75 Å². The molecule has 3 aromatic rings. The Bertz CT molecular complexity index is 1450. The second kappa shape index (κ2) is 9.44. The molecule has 5 rings (SSSR count). The van der Waals surface area contributed by atoms with Crippen LogP contribution in [0.25, 0.3) is 10.9 Å². The molecule has 1 aliphatic carbocycles. The Morgan fingerprint density at radius 3 is 2.55 bits per heavy atom. The van der Waals surface area contributed by atoms with Crippen molar-refractivity contribution in [2.75, 3.05) is 25.6 Å². The first-order chi connectivity index (χ1) is 17.9. The van der Waals surface area contributed by atoms with Crippen molar-refractivity contribution < 1.29 is 27.8 Å². The monoisotopic (exact) mass is 525 g/mol. The van der Waals surface area contributed by atoms with E-state index >= 15 is 4.39 Å². The number of anilines is 1. The molecule has 2 aliphatic rings. The van der Waals surface area contributed by atoms with Crippen molar-refractivity contribution in [3.63, 3.8) is 0 Å². The molecule has 6 nitrogen and oxygen atoms in total. The minimum Gasteiger partial charge on any atom is -0.495 e. The third kappa shape index (κ3) is 4.56. The van der Waals surface area contributed by atoms with Crippen LogP contribution in [0.2, 0.25) is 0 Å². The second-order valence-electron chi connectivity index (χ2n) is 10.6. The fourth-order valence-electron chi connectivity index (χ4n) is 5.00. The molecule has 2 aromatic carbocycles. The van der Waals surface area contributed by atoms with Gasteiger partial charge in [-0.2, -0.15) is 8.78 Å². The number of fused-ring (bicyclic) bond motifs is 2. The Morgan fingerprint density at radius 2 is 1.89 bits per heavy atom. The predicted molar refractivity (Wildman–Crippen MR) is 138 cm³/mol. The van der Waals surface area contributed by atoms with Gasteiger partial charge in [-0.25, -0.2) is 14.4 Å². The normalized spacial score (nSPS) is 21.4. The highest BCUT2D eigenvalue weighted by atomic mass is 19.3. The molecule has 1 aromatic heterocycles. The average molecular weight is 526 g/mol. The fourth-order valence-corrected chi connectivity index (χ4v) is 5.00. The number of aromatic nitrogens is 2. The van der Waals surface area contributed by atoms with Gasteiger partial charge in [0.15, 0.2) is 0 Å². The number of aliphatic hydroxyl groups is 1. The van der Waals surface area contributed by atoms with Crippen LogP contribution in [0.3, 0.4) is 0 Å². The molecule has 38 heavy (non-hydrogen) atoms. The lowest BCUT2D eigenvalue weighted by molar-refractivity contribution is -0.170. The summed E-state index contributed by atoms with van der Waals surface area (Å²) in [4.78, 5) is 9.03. The van der Waals surface area contributed by atoms with Crippen LogP contribution in [0.1, 0.15) is 49.3 Å². The maximum atomic E-state index is 15.4. The van der Waals surface area contributed by atoms with Crippen molar-refractivity contribution in [2.24, 2.45) is 17.8 Å². The van der Waals surface area contributed by atoms with Gasteiger partial charge in [0, 0.05) is 34.8 Å². The zero-order valence-electron chi connectivity index (χ0n) is 21.9. The first-order valence-electron chi connectivity index (χ1n) is 12.5. The number of aryl methyl sites for hydroxylation is 1. The number of alkyl halides is 2. The number of benzene rings is 2. The van der Waals surface area contributed by atoms with Crippen molar-refractivity contribution in [2.45, 2.75) is 45.3 Å². The van der Waals surface area contributed by atoms with E-state index in [1.54, 1.807) is 27.0 Å². The van der Waals surface area contributed by atoms with Crippen molar-refractivity contribution in [3.8, 4) is 17.6 Å². The highest BCUT2D eigenvalue weighted by molar-refractivity contribution is 5.92. The summed E-state index contributed by atoms with van der Waals surface area (Å²) in [6.45, 7) is 6.79. The summed E-state index contributed by atoms with van der Waals surface area (Å²) in [6, 6.07) is 6.67. The SMILES string of the molecule is COc1cc2nc(C)nc(N[C@H](C)c3cccc(C(F)(F)C(C)(C)O)c3F)c2cc1C#CC1[C@H]2COC[C@@H]12. The molecule has 1 saturated carbocycles. The van der Waals surface area contributed by atoms with Crippen LogP contribution in [-0.2, 0) is 10.7 Å². The third-order valence-electron chi connectivity index (χ3n) is 7.41. The second-order valence-corrected chi connectivity index (χ2v) is 10.6. The minimum atomic E-state index is -3.79. The van der Waals surface area contributed by atoms with E-state index in [4.69, 9.17) is 9.47 Å². The summed E-state index contributed by atoms with van der Waals surface area (Å²) >= 11 is 0. The number of halogens is 3. The topological polar surface area (TPSA) is 76.5 Å². The molecule has 2 N–H and O–H groups in total. The molecule has 1 aliphatic heterocycles. The Morgan fingerprint density at radius 1 is 1.18 bits per heavy atom. The zero-order chi connectivity index (χ0) is 27.4. The quantitative estimate of drug-likeness (QED) is 0.422. The van der Waals surface area contributed by atoms with Crippen molar-refractivity contribution in [1.82, 2.24) is 9.97 Å². The van der Waals surface area contributed by atoms with Gasteiger partial charge < -0.3 is 19.9 Å². The summed E-state index contributed by atoms with van der Waals surface area (Å²) in [6.07, 6.45) is 0. The molecule has 1 unspecified atom stereocenters. The molecule has 2 heterocycles. The molecule has 0 amide bonds. The Balaban J connectivity index is 1.50. The van der Waals surface area contributed by atoms with Gasteiger partial charge in [-0.1, -0.05) is 24.0 Å². The number of rotatable bonds is 6. The van der Waals surface area contributed by atoms with E-state index in [-0.39, 0.29) is 5.56 Å². The van der Waals surface area contributed by atoms with Crippen molar-refractivity contribution in [1.29, 1.82) is 0 Å². The summed E-state index contributed by atoms with van der Waals surface area (Å²) in [5, 5.41) is 13.8. The van der Waals surface area contributed by atoms with Gasteiger partial charge >= 0.3 is 5.92 Å². The molecular formula is C29H30F3N3O3. The van der Waals surface area contributed by atoms with Crippen LogP contribution >= 0.6 is 0 Å². The maximum absolute atomic E-state index is 15.4. The molecule has 9 heteroatoms. The van der Waals surface area contributed by atoms with E-state index in [9.17, 15) is 13.9 Å². The first-order valence-corrected chi connectivity index (χ1v) is 12.5. The van der Waals surface area contributed by atoms with Crippen LogP contribution < -0.4 is 10.1 Å². The molecular weight excluding hydrogens is 495 g/mol. The van der Waals surface area contributed by atoms with Gasteiger partial charge in [0.05, 0.1) is 43.0 Å². The van der Waals surface area contributed by atoms with E-state index < -0.39 is 28.9 Å². The highest BCUT2D eigenvalue weighted by Crippen LogP contribution is 2.50. The smallest absolute Gasteiger partial charge is 0.303 e. The van der Waals surface area contributed by atoms with Crippen LogP contribution in [0, 0.1) is 42.3 Å². The van der Waals surface area contributed by atoms with Crippen LogP contribution in [0.4, 0.5) is 19.0 Å². The van der Waals surface area contributed by atoms with E-state index in [1.807, 2.05) is 6.07 Å². The Hall–Kier alpha value is -3.35. The number of methoxy groups -OCH3 is 1. The lowest BCUT2D eigenvalue weighted by Gasteiger charge is -2.30. The highest BCUT2D eigenvalue weighted by Gasteiger charge is 2.53. The average Bonchev–Trinajstić information content (AvgIpc) is 3.26. The van der Waals surface area contributed by atoms with E-state index in [2.05, 4.69) is 27.1 Å². The molecule has 0 bridgehead atoms. The van der Waals surface area contributed by atoms with E-state index in [0.717, 1.165) is 33.1 Å². The molecule has 2 fully saturated rings. The Labute approximate surface area is 219 Å².